The molecule has 2 aromatic rings. The Labute approximate surface area is 240 Å². The van der Waals surface area contributed by atoms with Gasteiger partial charge in [0.05, 0.1) is 6.26 Å². The fourth-order valence-corrected chi connectivity index (χ4v) is 7.88. The third-order valence-electron chi connectivity index (χ3n) is 9.80. The van der Waals surface area contributed by atoms with Gasteiger partial charge in [0.1, 0.15) is 12.0 Å². The number of nitrogens with zero attached hydrogens (tertiary/aromatic N) is 5. The van der Waals surface area contributed by atoms with Crippen LogP contribution in [0.3, 0.4) is 0 Å². The van der Waals surface area contributed by atoms with Crippen molar-refractivity contribution in [3.63, 3.8) is 0 Å². The van der Waals surface area contributed by atoms with Crippen LogP contribution < -0.4 is 0 Å². The van der Waals surface area contributed by atoms with Gasteiger partial charge in [-0.05, 0) is 95.2 Å². The molecule has 3 fully saturated rings. The molecule has 0 N–H and O–H groups in total. The number of amides is 1. The van der Waals surface area contributed by atoms with Crippen molar-refractivity contribution in [2.45, 2.75) is 82.7 Å². The summed E-state index contributed by atoms with van der Waals surface area (Å²) in [7, 11) is -1.46. The highest BCUT2D eigenvalue weighted by molar-refractivity contribution is 7.88. The highest BCUT2D eigenvalue weighted by Crippen LogP contribution is 2.40. The van der Waals surface area contributed by atoms with Crippen molar-refractivity contribution in [2.75, 3.05) is 39.5 Å². The van der Waals surface area contributed by atoms with Crippen molar-refractivity contribution in [3.8, 4) is 0 Å². The molecular weight excluding hydrogens is 522 g/mol. The molecule has 0 bridgehead atoms. The van der Waals surface area contributed by atoms with Crippen molar-refractivity contribution in [3.05, 3.63) is 59.2 Å². The van der Waals surface area contributed by atoms with Crippen LogP contribution >= 0.6 is 0 Å². The van der Waals surface area contributed by atoms with Crippen LogP contribution in [0.2, 0.25) is 0 Å². The summed E-state index contributed by atoms with van der Waals surface area (Å²) < 4.78 is 25.3. The summed E-state index contributed by atoms with van der Waals surface area (Å²) in [5.74, 6) is 1.39. The number of hydrogen-bond acceptors (Lipinski definition) is 6. The Morgan fingerprint density at radius 2 is 1.68 bits per heavy atom. The van der Waals surface area contributed by atoms with Crippen LogP contribution in [0.15, 0.2) is 36.7 Å². The first kappa shape index (κ1) is 29.1. The van der Waals surface area contributed by atoms with Gasteiger partial charge < -0.3 is 9.80 Å². The van der Waals surface area contributed by atoms with Crippen molar-refractivity contribution >= 4 is 15.9 Å². The summed E-state index contributed by atoms with van der Waals surface area (Å²) in [6, 6.07) is 11.4. The lowest BCUT2D eigenvalue weighted by Crippen LogP contribution is -2.52. The number of aromatic nitrogens is 2. The fourth-order valence-electron chi connectivity index (χ4n) is 7.13. The molecule has 1 aliphatic carbocycles. The van der Waals surface area contributed by atoms with Crippen molar-refractivity contribution < 1.29 is 13.2 Å². The first-order valence-electron chi connectivity index (χ1n) is 15.0. The minimum Gasteiger partial charge on any atom is -0.337 e. The standard InChI is InChI=1S/C31H45N5O3S/c1-23-29(12-10-24-9-11-26(21-24)25-7-5-4-6-8-25)32-22-33-30(23)31(37)36-19-15-28(16-20-36)35-17-13-27(14-18-35)34(2)40(3,38)39/h4-8,22,24,26-28H,9-21H2,1-3H3. The van der Waals surface area contributed by atoms with Gasteiger partial charge in [0.2, 0.25) is 10.0 Å². The summed E-state index contributed by atoms with van der Waals surface area (Å²) in [5.41, 5.74) is 3.97. The number of likely N-dealkylation sites (tertiary alicyclic amines) is 2. The number of rotatable bonds is 8. The first-order chi connectivity index (χ1) is 19.2. The second kappa shape index (κ2) is 12.7. The topological polar surface area (TPSA) is 86.7 Å². The van der Waals surface area contributed by atoms with E-state index in [0.29, 0.717) is 23.6 Å². The number of aryl methyl sites for hydroxylation is 1. The van der Waals surface area contributed by atoms with Crippen molar-refractivity contribution in [1.29, 1.82) is 0 Å². The zero-order valence-electron chi connectivity index (χ0n) is 24.3. The highest BCUT2D eigenvalue weighted by Gasteiger charge is 2.33. The molecule has 3 heterocycles. The summed E-state index contributed by atoms with van der Waals surface area (Å²) in [6.07, 6.45) is 12.2. The van der Waals surface area contributed by atoms with Crippen LogP contribution in [0.5, 0.6) is 0 Å². The molecule has 2 unspecified atom stereocenters. The molecule has 2 aliphatic heterocycles. The van der Waals surface area contributed by atoms with E-state index in [4.69, 9.17) is 0 Å². The molecule has 0 radical (unpaired) electrons. The average molecular weight is 568 g/mol. The summed E-state index contributed by atoms with van der Waals surface area (Å²) in [6.45, 7) is 5.28. The Hall–Kier alpha value is -2.36. The molecule has 9 heteroatoms. The van der Waals surface area contributed by atoms with Crippen LogP contribution in [0, 0.1) is 12.8 Å². The molecule has 1 aromatic carbocycles. The van der Waals surface area contributed by atoms with Gasteiger partial charge in [-0.15, -0.1) is 0 Å². The van der Waals surface area contributed by atoms with Crippen LogP contribution in [-0.4, -0.2) is 90.0 Å². The van der Waals surface area contributed by atoms with Crippen LogP contribution in [0.1, 0.15) is 84.6 Å². The maximum Gasteiger partial charge on any atom is 0.272 e. The molecule has 5 rings (SSSR count). The second-order valence-electron chi connectivity index (χ2n) is 12.2. The third-order valence-corrected chi connectivity index (χ3v) is 11.1. The number of piperidine rings is 2. The fraction of sp³-hybridized carbons (Fsp3) is 0.645. The molecule has 0 spiro atoms. The smallest absolute Gasteiger partial charge is 0.272 e. The van der Waals surface area contributed by atoms with Gasteiger partial charge in [-0.3, -0.25) is 4.79 Å². The second-order valence-corrected chi connectivity index (χ2v) is 14.2. The van der Waals surface area contributed by atoms with E-state index in [-0.39, 0.29) is 11.9 Å². The normalized spacial score (nSPS) is 23.6. The van der Waals surface area contributed by atoms with Gasteiger partial charge in [-0.1, -0.05) is 30.3 Å². The van der Waals surface area contributed by atoms with Crippen molar-refractivity contribution in [1.82, 2.24) is 24.1 Å². The highest BCUT2D eigenvalue weighted by atomic mass is 32.2. The Morgan fingerprint density at radius 1 is 0.975 bits per heavy atom. The van der Waals surface area contributed by atoms with Gasteiger partial charge >= 0.3 is 0 Å². The number of benzene rings is 1. The molecule has 8 nitrogen and oxygen atoms in total. The van der Waals surface area contributed by atoms with E-state index in [1.807, 2.05) is 11.8 Å². The Bertz CT molecular complexity index is 1250. The SMILES string of the molecule is Cc1c(CCC2CCC(c3ccccc3)C2)ncnc1C(=O)N1CCC(N2CCC(N(C)S(C)(=O)=O)CC2)CC1. The quantitative estimate of drug-likeness (QED) is 0.474. The molecule has 2 saturated heterocycles. The zero-order chi connectivity index (χ0) is 28.3. The molecule has 218 valence electrons. The van der Waals surface area contributed by atoms with E-state index in [1.54, 1.807) is 13.4 Å². The van der Waals surface area contributed by atoms with Gasteiger partial charge in [0, 0.05) is 43.5 Å². The maximum absolute atomic E-state index is 13.5. The Morgan fingerprint density at radius 3 is 2.35 bits per heavy atom. The number of carbonyl (C=O) groups excluding carboxylic acids is 1. The van der Waals surface area contributed by atoms with Gasteiger partial charge in [0.15, 0.2) is 0 Å². The van der Waals surface area contributed by atoms with Crippen LogP contribution in [-0.2, 0) is 16.4 Å². The van der Waals surface area contributed by atoms with Gasteiger partial charge in [-0.25, -0.2) is 22.7 Å². The minimum atomic E-state index is -3.16. The Kier molecular flexibility index (Phi) is 9.22. The Balaban J connectivity index is 1.10. The number of hydrogen-bond donors (Lipinski definition) is 0. The molecule has 1 saturated carbocycles. The number of sulfonamides is 1. The van der Waals surface area contributed by atoms with E-state index in [1.165, 1.54) is 35.4 Å². The van der Waals surface area contributed by atoms with Crippen LogP contribution in [0.25, 0.3) is 0 Å². The lowest BCUT2D eigenvalue weighted by atomic mass is 9.94. The predicted octanol–water partition coefficient (Wildman–Crippen LogP) is 4.26. The first-order valence-corrected chi connectivity index (χ1v) is 16.9. The van der Waals surface area contributed by atoms with E-state index < -0.39 is 10.0 Å². The zero-order valence-corrected chi connectivity index (χ0v) is 25.2. The molecule has 1 aromatic heterocycles. The summed E-state index contributed by atoms with van der Waals surface area (Å²) >= 11 is 0. The monoisotopic (exact) mass is 567 g/mol. The molecule has 1 amide bonds. The van der Waals surface area contributed by atoms with Gasteiger partial charge in [0.25, 0.3) is 5.91 Å². The molecule has 2 atom stereocenters. The lowest BCUT2D eigenvalue weighted by Gasteiger charge is -2.43. The maximum atomic E-state index is 13.5. The third kappa shape index (κ3) is 6.74. The number of carbonyl (C=O) groups is 1. The summed E-state index contributed by atoms with van der Waals surface area (Å²) in [5, 5.41) is 0. The van der Waals surface area contributed by atoms with E-state index in [9.17, 15) is 13.2 Å². The molecule has 3 aliphatic rings. The van der Waals surface area contributed by atoms with E-state index in [0.717, 1.165) is 76.0 Å². The van der Waals surface area contributed by atoms with E-state index >= 15 is 0 Å². The minimum absolute atomic E-state index is 0.0260. The molecule has 40 heavy (non-hydrogen) atoms. The lowest BCUT2D eigenvalue weighted by molar-refractivity contribution is 0.0542. The predicted molar refractivity (Wildman–Crippen MR) is 158 cm³/mol. The van der Waals surface area contributed by atoms with E-state index in [2.05, 4.69) is 45.2 Å². The largest absolute Gasteiger partial charge is 0.337 e. The summed E-state index contributed by atoms with van der Waals surface area (Å²) in [4.78, 5) is 27.0. The van der Waals surface area contributed by atoms with Crippen molar-refractivity contribution in [2.24, 2.45) is 5.92 Å². The average Bonchev–Trinajstić information content (AvgIpc) is 3.45. The molecular formula is C31H45N5O3S. The van der Waals surface area contributed by atoms with Crippen LogP contribution in [0.4, 0.5) is 0 Å². The van der Waals surface area contributed by atoms with Gasteiger partial charge in [-0.2, -0.15) is 0 Å².